The van der Waals surface area contributed by atoms with Crippen LogP contribution in [-0.4, -0.2) is 36.9 Å². The summed E-state index contributed by atoms with van der Waals surface area (Å²) in [6.45, 7) is 0.780. The molecular weight excluding hydrogens is 354 g/mol. The van der Waals surface area contributed by atoms with E-state index in [1.165, 1.54) is 11.0 Å². The van der Waals surface area contributed by atoms with Crippen LogP contribution >= 0.6 is 0 Å². The summed E-state index contributed by atoms with van der Waals surface area (Å²) >= 11 is 0. The van der Waals surface area contributed by atoms with Crippen molar-refractivity contribution in [2.45, 2.75) is 12.8 Å². The average Bonchev–Trinajstić information content (AvgIpc) is 2.69. The van der Waals surface area contributed by atoms with Gasteiger partial charge < -0.3 is 15.0 Å². The van der Waals surface area contributed by atoms with Crippen LogP contribution in [0.25, 0.3) is 0 Å². The third-order valence-electron chi connectivity index (χ3n) is 4.70. The molecule has 0 saturated carbocycles. The van der Waals surface area contributed by atoms with Crippen LogP contribution in [0, 0.1) is 17.6 Å². The second kappa shape index (κ2) is 8.16. The minimum absolute atomic E-state index is 0.0438. The van der Waals surface area contributed by atoms with Crippen molar-refractivity contribution >= 4 is 17.5 Å². The van der Waals surface area contributed by atoms with Gasteiger partial charge in [-0.3, -0.25) is 4.79 Å². The number of methoxy groups -OCH3 is 1. The Morgan fingerprint density at radius 2 is 1.74 bits per heavy atom. The molecule has 0 bridgehead atoms. The summed E-state index contributed by atoms with van der Waals surface area (Å²) in [5.41, 5.74) is 0.546. The summed E-state index contributed by atoms with van der Waals surface area (Å²) in [6, 6.07) is 9.47. The van der Waals surface area contributed by atoms with Gasteiger partial charge in [0.25, 0.3) is 0 Å². The van der Waals surface area contributed by atoms with Crippen molar-refractivity contribution in [3.8, 4) is 5.75 Å². The summed E-state index contributed by atoms with van der Waals surface area (Å²) in [5, 5.41) is 2.44. The molecule has 2 amide bonds. The van der Waals surface area contributed by atoms with E-state index in [4.69, 9.17) is 4.74 Å². The van der Waals surface area contributed by atoms with Crippen LogP contribution < -0.4 is 10.1 Å². The fraction of sp³-hybridized carbons (Fsp3) is 0.300. The fourth-order valence-corrected chi connectivity index (χ4v) is 3.12. The van der Waals surface area contributed by atoms with Crippen molar-refractivity contribution in [3.05, 3.63) is 59.7 Å². The number of piperidine rings is 1. The van der Waals surface area contributed by atoms with Gasteiger partial charge in [0, 0.05) is 30.6 Å². The van der Waals surface area contributed by atoms with Gasteiger partial charge in [-0.15, -0.1) is 0 Å². The van der Waals surface area contributed by atoms with Crippen LogP contribution in [0.15, 0.2) is 42.5 Å². The molecule has 3 rings (SSSR count). The van der Waals surface area contributed by atoms with Gasteiger partial charge in [0.1, 0.15) is 17.4 Å². The van der Waals surface area contributed by atoms with Gasteiger partial charge in [-0.1, -0.05) is 0 Å². The Labute approximate surface area is 155 Å². The molecule has 0 aromatic heterocycles. The lowest BCUT2D eigenvalue weighted by Gasteiger charge is -2.31. The number of anilines is 1. The van der Waals surface area contributed by atoms with Gasteiger partial charge in [0.15, 0.2) is 5.78 Å². The van der Waals surface area contributed by atoms with Crippen LogP contribution in [0.5, 0.6) is 5.75 Å². The molecule has 0 atom stereocenters. The minimum Gasteiger partial charge on any atom is -0.497 e. The number of likely N-dealkylation sites (tertiary alicyclic amines) is 1. The summed E-state index contributed by atoms with van der Waals surface area (Å²) in [7, 11) is 1.56. The molecule has 0 radical (unpaired) electrons. The third-order valence-corrected chi connectivity index (χ3v) is 4.70. The molecule has 7 heteroatoms. The molecule has 2 aromatic carbocycles. The average molecular weight is 374 g/mol. The van der Waals surface area contributed by atoms with Gasteiger partial charge in [-0.2, -0.15) is 0 Å². The summed E-state index contributed by atoms with van der Waals surface area (Å²) in [4.78, 5) is 26.4. The number of urea groups is 1. The number of benzene rings is 2. The summed E-state index contributed by atoms with van der Waals surface area (Å²) in [6.07, 6.45) is 1.06. The molecule has 0 unspecified atom stereocenters. The van der Waals surface area contributed by atoms with Gasteiger partial charge in [0.2, 0.25) is 0 Å². The molecule has 0 spiro atoms. The first kappa shape index (κ1) is 18.8. The first-order valence-electron chi connectivity index (χ1n) is 8.67. The van der Waals surface area contributed by atoms with E-state index in [2.05, 4.69) is 5.32 Å². The van der Waals surface area contributed by atoms with E-state index < -0.39 is 17.7 Å². The molecule has 1 fully saturated rings. The maximum Gasteiger partial charge on any atom is 0.321 e. The Bertz CT molecular complexity index is 832. The van der Waals surface area contributed by atoms with E-state index in [1.54, 1.807) is 31.4 Å². The van der Waals surface area contributed by atoms with Crippen molar-refractivity contribution in [2.24, 2.45) is 5.92 Å². The van der Waals surface area contributed by atoms with Gasteiger partial charge in [-0.25, -0.2) is 13.6 Å². The minimum atomic E-state index is -0.826. The Morgan fingerprint density at radius 1 is 1.07 bits per heavy atom. The lowest BCUT2D eigenvalue weighted by Crippen LogP contribution is -2.42. The number of nitrogens with one attached hydrogen (secondary N) is 1. The molecular formula is C20H20F2N2O3. The Kier molecular flexibility index (Phi) is 5.69. The quantitative estimate of drug-likeness (QED) is 0.820. The van der Waals surface area contributed by atoms with Crippen molar-refractivity contribution in [2.75, 3.05) is 25.5 Å². The van der Waals surface area contributed by atoms with E-state index in [-0.39, 0.29) is 17.4 Å². The Hall–Kier alpha value is -2.96. The van der Waals surface area contributed by atoms with Crippen LogP contribution in [-0.2, 0) is 0 Å². The number of ether oxygens (including phenoxy) is 1. The standard InChI is InChI=1S/C20H20F2N2O3/c1-27-16-5-2-13(3-6-16)19(25)14-8-10-24(11-9-14)20(26)23-18-7-4-15(21)12-17(18)22/h2-7,12,14H,8-11H2,1H3,(H,23,26). The van der Waals surface area contributed by atoms with Gasteiger partial charge in [0.05, 0.1) is 12.8 Å². The number of carbonyl (C=O) groups is 2. The first-order chi connectivity index (χ1) is 13.0. The number of Topliss-reactive ketones (excluding diaryl/α,β-unsaturated/α-hetero) is 1. The van der Waals surface area contributed by atoms with E-state index in [0.717, 1.165) is 12.1 Å². The maximum atomic E-state index is 13.7. The molecule has 1 saturated heterocycles. The fourth-order valence-electron chi connectivity index (χ4n) is 3.12. The van der Waals surface area contributed by atoms with E-state index >= 15 is 0 Å². The molecule has 27 heavy (non-hydrogen) atoms. The normalized spacial score (nSPS) is 14.7. The highest BCUT2D eigenvalue weighted by molar-refractivity contribution is 5.98. The van der Waals surface area contributed by atoms with E-state index in [0.29, 0.717) is 37.2 Å². The SMILES string of the molecule is COc1ccc(C(=O)C2CCN(C(=O)Nc3ccc(F)cc3F)CC2)cc1. The molecule has 2 aromatic rings. The number of ketones is 1. The van der Waals surface area contributed by atoms with Crippen molar-refractivity contribution in [1.29, 1.82) is 0 Å². The predicted octanol–water partition coefficient (Wildman–Crippen LogP) is 4.10. The smallest absolute Gasteiger partial charge is 0.321 e. The zero-order chi connectivity index (χ0) is 19.4. The van der Waals surface area contributed by atoms with Crippen LogP contribution in [0.1, 0.15) is 23.2 Å². The number of nitrogens with zero attached hydrogens (tertiary/aromatic N) is 1. The lowest BCUT2D eigenvalue weighted by atomic mass is 9.89. The van der Waals surface area contributed by atoms with E-state index in [1.807, 2.05) is 0 Å². The second-order valence-corrected chi connectivity index (χ2v) is 6.41. The number of amides is 2. The van der Waals surface area contributed by atoms with Crippen molar-refractivity contribution in [3.63, 3.8) is 0 Å². The third kappa shape index (κ3) is 4.42. The highest BCUT2D eigenvalue weighted by Gasteiger charge is 2.28. The van der Waals surface area contributed by atoms with Gasteiger partial charge >= 0.3 is 6.03 Å². The zero-order valence-corrected chi connectivity index (χ0v) is 14.9. The van der Waals surface area contributed by atoms with Gasteiger partial charge in [-0.05, 0) is 49.2 Å². The van der Waals surface area contributed by atoms with Crippen molar-refractivity contribution in [1.82, 2.24) is 4.90 Å². The number of carbonyl (C=O) groups excluding carboxylic acids is 2. The predicted molar refractivity (Wildman–Crippen MR) is 97.0 cm³/mol. The molecule has 1 N–H and O–H groups in total. The summed E-state index contributed by atoms with van der Waals surface area (Å²) < 4.78 is 31.7. The zero-order valence-electron chi connectivity index (χ0n) is 14.9. The topological polar surface area (TPSA) is 58.6 Å². The number of hydrogen-bond donors (Lipinski definition) is 1. The monoisotopic (exact) mass is 374 g/mol. The molecule has 5 nitrogen and oxygen atoms in total. The van der Waals surface area contributed by atoms with Crippen LogP contribution in [0.3, 0.4) is 0 Å². The highest BCUT2D eigenvalue weighted by atomic mass is 19.1. The van der Waals surface area contributed by atoms with Crippen LogP contribution in [0.2, 0.25) is 0 Å². The molecule has 1 aliphatic heterocycles. The highest BCUT2D eigenvalue weighted by Crippen LogP contribution is 2.24. The number of hydrogen-bond acceptors (Lipinski definition) is 3. The Morgan fingerprint density at radius 3 is 2.33 bits per heavy atom. The molecule has 1 aliphatic rings. The number of halogens is 2. The summed E-state index contributed by atoms with van der Waals surface area (Å²) in [5.74, 6) is -0.963. The number of rotatable bonds is 4. The Balaban J connectivity index is 1.56. The first-order valence-corrected chi connectivity index (χ1v) is 8.67. The molecule has 1 heterocycles. The largest absolute Gasteiger partial charge is 0.497 e. The maximum absolute atomic E-state index is 13.7. The van der Waals surface area contributed by atoms with Crippen LogP contribution in [0.4, 0.5) is 19.3 Å². The van der Waals surface area contributed by atoms with E-state index in [9.17, 15) is 18.4 Å². The van der Waals surface area contributed by atoms with Crippen molar-refractivity contribution < 1.29 is 23.1 Å². The second-order valence-electron chi connectivity index (χ2n) is 6.41. The lowest BCUT2D eigenvalue weighted by molar-refractivity contribution is 0.0859. The molecule has 0 aliphatic carbocycles. The molecule has 142 valence electrons.